The Morgan fingerprint density at radius 2 is 1.52 bits per heavy atom. The summed E-state index contributed by atoms with van der Waals surface area (Å²) in [6, 6.07) is 19.6. The highest BCUT2D eigenvalue weighted by Crippen LogP contribution is 2.23. The fourth-order valence-electron chi connectivity index (χ4n) is 2.78. The minimum Gasteiger partial charge on any atom is -0.316 e. The molecule has 0 aliphatic rings. The smallest absolute Gasteiger partial charge is 0.00235 e. The van der Waals surface area contributed by atoms with Crippen LogP contribution in [0, 0.1) is 12.8 Å². The maximum absolute atomic E-state index is 3.63. The lowest BCUT2D eigenvalue weighted by atomic mass is 9.89. The second kappa shape index (κ2) is 7.99. The molecule has 1 atom stereocenters. The molecule has 0 saturated carbocycles. The lowest BCUT2D eigenvalue weighted by Gasteiger charge is -2.21. The molecule has 0 aliphatic heterocycles. The molecule has 1 heteroatoms. The lowest BCUT2D eigenvalue weighted by Crippen LogP contribution is -2.26. The Labute approximate surface area is 129 Å². The summed E-state index contributed by atoms with van der Waals surface area (Å²) in [5.74, 6) is 1.23. The third kappa shape index (κ3) is 5.02. The van der Waals surface area contributed by atoms with Gasteiger partial charge in [-0.15, -0.1) is 0 Å². The second-order valence-electron chi connectivity index (χ2n) is 6.30. The van der Waals surface area contributed by atoms with Crippen LogP contribution in [-0.2, 0) is 6.42 Å². The predicted molar refractivity (Wildman–Crippen MR) is 91.8 cm³/mol. The summed E-state index contributed by atoms with van der Waals surface area (Å²) in [7, 11) is 0. The molecule has 0 heterocycles. The maximum Gasteiger partial charge on any atom is 0.00235 e. The monoisotopic (exact) mass is 281 g/mol. The van der Waals surface area contributed by atoms with Gasteiger partial charge in [0.25, 0.3) is 0 Å². The van der Waals surface area contributed by atoms with Crippen molar-refractivity contribution in [2.45, 2.75) is 33.1 Å². The fraction of sp³-hybridized carbons (Fsp3) is 0.400. The molecular formula is C20H27N. The standard InChI is InChI=1S/C20H27N/c1-16(2)14-21-15-19(13-18-10-5-4-6-11-18)20-12-8-7-9-17(20)3/h4-12,16,19,21H,13-15H2,1-3H3. The largest absolute Gasteiger partial charge is 0.316 e. The Morgan fingerprint density at radius 1 is 0.857 bits per heavy atom. The summed E-state index contributed by atoms with van der Waals surface area (Å²) in [6.45, 7) is 8.85. The summed E-state index contributed by atoms with van der Waals surface area (Å²) in [5.41, 5.74) is 4.28. The predicted octanol–water partition coefficient (Wildman–Crippen LogP) is 4.57. The molecule has 2 aromatic rings. The van der Waals surface area contributed by atoms with Gasteiger partial charge in [-0.25, -0.2) is 0 Å². The van der Waals surface area contributed by atoms with Crippen molar-refractivity contribution in [1.82, 2.24) is 5.32 Å². The Morgan fingerprint density at radius 3 is 2.19 bits per heavy atom. The van der Waals surface area contributed by atoms with E-state index >= 15 is 0 Å². The average Bonchev–Trinajstić information content (AvgIpc) is 2.47. The zero-order valence-electron chi connectivity index (χ0n) is 13.5. The van der Waals surface area contributed by atoms with E-state index in [1.807, 2.05) is 0 Å². The van der Waals surface area contributed by atoms with Gasteiger partial charge in [-0.05, 0) is 42.5 Å². The van der Waals surface area contributed by atoms with Gasteiger partial charge >= 0.3 is 0 Å². The SMILES string of the molecule is Cc1ccccc1C(CNCC(C)C)Cc1ccccc1. The zero-order valence-corrected chi connectivity index (χ0v) is 13.5. The van der Waals surface area contributed by atoms with Crippen LogP contribution in [0.15, 0.2) is 54.6 Å². The quantitative estimate of drug-likeness (QED) is 0.784. The van der Waals surface area contributed by atoms with Crippen molar-refractivity contribution < 1.29 is 0 Å². The first-order valence-electron chi connectivity index (χ1n) is 7.97. The highest BCUT2D eigenvalue weighted by molar-refractivity contribution is 5.31. The molecule has 0 aromatic heterocycles. The molecule has 21 heavy (non-hydrogen) atoms. The van der Waals surface area contributed by atoms with Crippen LogP contribution in [0.25, 0.3) is 0 Å². The molecule has 2 rings (SSSR count). The van der Waals surface area contributed by atoms with Gasteiger partial charge in [-0.2, -0.15) is 0 Å². The minimum atomic E-state index is 0.535. The molecule has 1 nitrogen and oxygen atoms in total. The number of rotatable bonds is 7. The normalized spacial score (nSPS) is 12.6. The molecule has 0 bridgehead atoms. The van der Waals surface area contributed by atoms with Crippen molar-refractivity contribution in [2.75, 3.05) is 13.1 Å². The topological polar surface area (TPSA) is 12.0 Å². The third-order valence-corrected chi connectivity index (χ3v) is 3.90. The van der Waals surface area contributed by atoms with E-state index < -0.39 is 0 Å². The van der Waals surface area contributed by atoms with Crippen molar-refractivity contribution in [1.29, 1.82) is 0 Å². The summed E-state index contributed by atoms with van der Waals surface area (Å²) < 4.78 is 0. The van der Waals surface area contributed by atoms with Gasteiger partial charge in [0.15, 0.2) is 0 Å². The molecule has 0 spiro atoms. The van der Waals surface area contributed by atoms with E-state index in [-0.39, 0.29) is 0 Å². The first kappa shape index (κ1) is 15.8. The molecule has 0 radical (unpaired) electrons. The lowest BCUT2D eigenvalue weighted by molar-refractivity contribution is 0.513. The summed E-state index contributed by atoms with van der Waals surface area (Å²) in [4.78, 5) is 0. The van der Waals surface area contributed by atoms with E-state index in [1.165, 1.54) is 16.7 Å². The highest BCUT2D eigenvalue weighted by atomic mass is 14.9. The molecule has 0 saturated heterocycles. The average molecular weight is 281 g/mol. The van der Waals surface area contributed by atoms with Crippen molar-refractivity contribution >= 4 is 0 Å². The Hall–Kier alpha value is -1.60. The van der Waals surface area contributed by atoms with Gasteiger partial charge in [0.05, 0.1) is 0 Å². The second-order valence-corrected chi connectivity index (χ2v) is 6.30. The zero-order chi connectivity index (χ0) is 15.1. The van der Waals surface area contributed by atoms with Crippen molar-refractivity contribution in [2.24, 2.45) is 5.92 Å². The molecular weight excluding hydrogens is 254 g/mol. The fourth-order valence-corrected chi connectivity index (χ4v) is 2.78. The molecule has 1 N–H and O–H groups in total. The van der Waals surface area contributed by atoms with E-state index in [0.717, 1.165) is 19.5 Å². The van der Waals surface area contributed by atoms with Gasteiger partial charge in [0.1, 0.15) is 0 Å². The van der Waals surface area contributed by atoms with Gasteiger partial charge in [-0.1, -0.05) is 68.4 Å². The summed E-state index contributed by atoms with van der Waals surface area (Å²) >= 11 is 0. The number of aryl methyl sites for hydroxylation is 1. The summed E-state index contributed by atoms with van der Waals surface area (Å²) in [6.07, 6.45) is 1.09. The number of benzene rings is 2. The van der Waals surface area contributed by atoms with E-state index in [4.69, 9.17) is 0 Å². The van der Waals surface area contributed by atoms with Crippen LogP contribution in [0.5, 0.6) is 0 Å². The van der Waals surface area contributed by atoms with Crippen LogP contribution in [-0.4, -0.2) is 13.1 Å². The van der Waals surface area contributed by atoms with E-state index in [9.17, 15) is 0 Å². The first-order chi connectivity index (χ1) is 10.2. The number of hydrogen-bond donors (Lipinski definition) is 1. The molecule has 0 fully saturated rings. The van der Waals surface area contributed by atoms with E-state index in [0.29, 0.717) is 11.8 Å². The van der Waals surface area contributed by atoms with E-state index in [1.54, 1.807) is 0 Å². The van der Waals surface area contributed by atoms with Crippen LogP contribution in [0.4, 0.5) is 0 Å². The van der Waals surface area contributed by atoms with Gasteiger partial charge in [-0.3, -0.25) is 0 Å². The van der Waals surface area contributed by atoms with Crippen LogP contribution >= 0.6 is 0 Å². The van der Waals surface area contributed by atoms with Gasteiger partial charge in [0, 0.05) is 12.5 Å². The van der Waals surface area contributed by atoms with Crippen LogP contribution in [0.3, 0.4) is 0 Å². The molecule has 1 unspecified atom stereocenters. The molecule has 0 amide bonds. The minimum absolute atomic E-state index is 0.535. The molecule has 0 aliphatic carbocycles. The Balaban J connectivity index is 2.12. The molecule has 112 valence electrons. The molecule has 2 aromatic carbocycles. The number of hydrogen-bond acceptors (Lipinski definition) is 1. The Kier molecular flexibility index (Phi) is 6.01. The maximum atomic E-state index is 3.63. The third-order valence-electron chi connectivity index (χ3n) is 3.90. The van der Waals surface area contributed by atoms with Crippen LogP contribution < -0.4 is 5.32 Å². The first-order valence-corrected chi connectivity index (χ1v) is 7.97. The number of nitrogens with one attached hydrogen (secondary N) is 1. The van der Waals surface area contributed by atoms with Gasteiger partial charge < -0.3 is 5.32 Å². The van der Waals surface area contributed by atoms with Crippen LogP contribution in [0.1, 0.15) is 36.5 Å². The van der Waals surface area contributed by atoms with Crippen molar-refractivity contribution in [3.63, 3.8) is 0 Å². The summed E-state index contributed by atoms with van der Waals surface area (Å²) in [5, 5.41) is 3.63. The van der Waals surface area contributed by atoms with Crippen LogP contribution in [0.2, 0.25) is 0 Å². The van der Waals surface area contributed by atoms with Crippen molar-refractivity contribution in [3.8, 4) is 0 Å². The Bertz CT molecular complexity index is 531. The highest BCUT2D eigenvalue weighted by Gasteiger charge is 2.14. The van der Waals surface area contributed by atoms with E-state index in [2.05, 4.69) is 80.7 Å². The van der Waals surface area contributed by atoms with Gasteiger partial charge in [0.2, 0.25) is 0 Å². The van der Waals surface area contributed by atoms with Crippen molar-refractivity contribution in [3.05, 3.63) is 71.3 Å².